The second-order valence-electron chi connectivity index (χ2n) is 8.19. The number of ether oxygens (including phenoxy) is 2. The first-order chi connectivity index (χ1) is 17.6. The third-order valence-electron chi connectivity index (χ3n) is 5.90. The molecule has 8 nitrogen and oxygen atoms in total. The molecule has 0 aliphatic rings. The number of rotatable bonds is 11. The summed E-state index contributed by atoms with van der Waals surface area (Å²) in [5, 5.41) is 20.0. The van der Waals surface area contributed by atoms with Gasteiger partial charge in [-0.1, -0.05) is 91.0 Å². The monoisotopic (exact) mass is 488 g/mol. The van der Waals surface area contributed by atoms with Gasteiger partial charge in [0.2, 0.25) is 0 Å². The average Bonchev–Trinajstić information content (AvgIpc) is 2.93. The molecule has 0 radical (unpaired) electrons. The summed E-state index contributed by atoms with van der Waals surface area (Å²) in [5.41, 5.74) is 0.336. The number of H-pyrrole nitrogens is 1. The van der Waals surface area contributed by atoms with Crippen molar-refractivity contribution in [3.05, 3.63) is 141 Å². The van der Waals surface area contributed by atoms with Crippen LogP contribution >= 0.6 is 0 Å². The third-order valence-corrected chi connectivity index (χ3v) is 5.90. The number of aliphatic hydroxyl groups excluding tert-OH is 2. The molecule has 4 aromatic rings. The van der Waals surface area contributed by atoms with Crippen LogP contribution in [0, 0.1) is 0 Å². The van der Waals surface area contributed by atoms with E-state index in [0.717, 1.165) is 27.3 Å². The lowest BCUT2D eigenvalue weighted by molar-refractivity contribution is -0.139. The molecular formula is C28H28N2O6. The number of nitrogens with zero attached hydrogens (tertiary/aromatic N) is 1. The molecule has 186 valence electrons. The van der Waals surface area contributed by atoms with E-state index in [1.54, 1.807) is 0 Å². The van der Waals surface area contributed by atoms with Crippen LogP contribution in [-0.2, 0) is 15.1 Å². The van der Waals surface area contributed by atoms with Crippen molar-refractivity contribution in [1.82, 2.24) is 9.55 Å². The summed E-state index contributed by atoms with van der Waals surface area (Å²) in [4.78, 5) is 25.8. The Morgan fingerprint density at radius 3 is 1.67 bits per heavy atom. The van der Waals surface area contributed by atoms with E-state index in [4.69, 9.17) is 9.47 Å². The van der Waals surface area contributed by atoms with Gasteiger partial charge in [0.05, 0.1) is 19.8 Å². The fourth-order valence-corrected chi connectivity index (χ4v) is 4.19. The van der Waals surface area contributed by atoms with Crippen LogP contribution in [0.15, 0.2) is 113 Å². The molecule has 0 amide bonds. The normalized spacial score (nSPS) is 13.3. The molecule has 0 spiro atoms. The van der Waals surface area contributed by atoms with Gasteiger partial charge in [-0.2, -0.15) is 0 Å². The highest BCUT2D eigenvalue weighted by atomic mass is 16.6. The van der Waals surface area contributed by atoms with Gasteiger partial charge in [-0.25, -0.2) is 4.79 Å². The number of hydrogen-bond acceptors (Lipinski definition) is 6. The highest BCUT2D eigenvalue weighted by Crippen LogP contribution is 2.40. The molecule has 0 saturated carbocycles. The Labute approximate surface area is 208 Å². The lowest BCUT2D eigenvalue weighted by atomic mass is 9.80. The smallest absolute Gasteiger partial charge is 0.330 e. The molecule has 36 heavy (non-hydrogen) atoms. The van der Waals surface area contributed by atoms with Crippen molar-refractivity contribution in [1.29, 1.82) is 0 Å². The van der Waals surface area contributed by atoms with Crippen LogP contribution in [0.5, 0.6) is 0 Å². The van der Waals surface area contributed by atoms with Crippen molar-refractivity contribution in [3.63, 3.8) is 0 Å². The number of aliphatic hydroxyl groups is 2. The summed E-state index contributed by atoms with van der Waals surface area (Å²) in [6.45, 7) is -1.05. The first kappa shape index (κ1) is 25.3. The number of aromatic amines is 1. The van der Waals surface area contributed by atoms with E-state index in [2.05, 4.69) is 4.98 Å². The molecule has 4 rings (SSSR count). The molecule has 0 aliphatic heterocycles. The molecule has 3 aromatic carbocycles. The molecule has 2 atom stereocenters. The number of aromatic nitrogens is 2. The maximum Gasteiger partial charge on any atom is 0.330 e. The van der Waals surface area contributed by atoms with Crippen molar-refractivity contribution in [2.45, 2.75) is 17.9 Å². The zero-order valence-electron chi connectivity index (χ0n) is 19.6. The summed E-state index contributed by atoms with van der Waals surface area (Å²) in [5.74, 6) is 0. The van der Waals surface area contributed by atoms with Gasteiger partial charge in [0, 0.05) is 12.3 Å². The van der Waals surface area contributed by atoms with Gasteiger partial charge in [0.25, 0.3) is 5.56 Å². The number of benzene rings is 3. The minimum atomic E-state index is -1.13. The Hall–Kier alpha value is -3.82. The van der Waals surface area contributed by atoms with Gasteiger partial charge in [0.1, 0.15) is 11.7 Å². The van der Waals surface area contributed by atoms with Gasteiger partial charge in [-0.15, -0.1) is 0 Å². The van der Waals surface area contributed by atoms with Crippen LogP contribution < -0.4 is 11.2 Å². The summed E-state index contributed by atoms with van der Waals surface area (Å²) < 4.78 is 13.6. The Balaban J connectivity index is 1.70. The van der Waals surface area contributed by atoms with Gasteiger partial charge >= 0.3 is 5.69 Å². The Bertz CT molecular complexity index is 1240. The predicted octanol–water partition coefficient (Wildman–Crippen LogP) is 2.41. The number of nitrogens with one attached hydrogen (secondary N) is 1. The lowest BCUT2D eigenvalue weighted by Crippen LogP contribution is -2.40. The van der Waals surface area contributed by atoms with Crippen LogP contribution in [0.3, 0.4) is 0 Å². The van der Waals surface area contributed by atoms with Crippen LogP contribution in [0.4, 0.5) is 0 Å². The van der Waals surface area contributed by atoms with Gasteiger partial charge in [-0.3, -0.25) is 14.3 Å². The molecule has 0 unspecified atom stereocenters. The first-order valence-electron chi connectivity index (χ1n) is 11.6. The maximum absolute atomic E-state index is 12.2. The third kappa shape index (κ3) is 5.37. The van der Waals surface area contributed by atoms with Crippen LogP contribution in [-0.4, -0.2) is 45.7 Å². The van der Waals surface area contributed by atoms with E-state index in [1.165, 1.54) is 6.20 Å². The maximum atomic E-state index is 12.2. The Morgan fingerprint density at radius 2 is 1.25 bits per heavy atom. The minimum Gasteiger partial charge on any atom is -0.394 e. The molecular weight excluding hydrogens is 460 g/mol. The van der Waals surface area contributed by atoms with E-state index < -0.39 is 42.4 Å². The molecule has 1 aromatic heterocycles. The van der Waals surface area contributed by atoms with Crippen LogP contribution in [0.1, 0.15) is 22.9 Å². The second-order valence-corrected chi connectivity index (χ2v) is 8.19. The SMILES string of the molecule is O=c1ccn([C@@H](CO)O[C@@H](CO)COC(c2ccccc2)(c2ccccc2)c2ccccc2)c(=O)[nH]1. The van der Waals surface area contributed by atoms with E-state index in [0.29, 0.717) is 0 Å². The molecule has 8 heteroatoms. The Morgan fingerprint density at radius 1 is 0.750 bits per heavy atom. The van der Waals surface area contributed by atoms with Gasteiger partial charge in [0.15, 0.2) is 6.23 Å². The van der Waals surface area contributed by atoms with Crippen LogP contribution in [0.2, 0.25) is 0 Å². The Kier molecular flexibility index (Phi) is 8.24. The lowest BCUT2D eigenvalue weighted by Gasteiger charge is -2.37. The number of hydrogen-bond donors (Lipinski definition) is 3. The quantitative estimate of drug-likeness (QED) is 0.280. The van der Waals surface area contributed by atoms with Crippen molar-refractivity contribution < 1.29 is 19.7 Å². The van der Waals surface area contributed by atoms with Crippen molar-refractivity contribution >= 4 is 0 Å². The molecule has 0 saturated heterocycles. The van der Waals surface area contributed by atoms with Crippen molar-refractivity contribution in [2.75, 3.05) is 19.8 Å². The fraction of sp³-hybridized carbons (Fsp3) is 0.214. The summed E-state index contributed by atoms with van der Waals surface area (Å²) >= 11 is 0. The van der Waals surface area contributed by atoms with E-state index in [-0.39, 0.29) is 6.61 Å². The first-order valence-corrected chi connectivity index (χ1v) is 11.6. The topological polar surface area (TPSA) is 114 Å². The van der Waals surface area contributed by atoms with Crippen molar-refractivity contribution in [3.8, 4) is 0 Å². The second kappa shape index (κ2) is 11.7. The molecule has 0 aliphatic carbocycles. The highest BCUT2D eigenvalue weighted by Gasteiger charge is 2.38. The standard InChI is InChI=1S/C28H28N2O6/c31-18-24(36-26(19-32)30-17-16-25(33)29-27(30)34)20-35-28(21-10-4-1-5-11-21,22-12-6-2-7-13-22)23-14-8-3-9-15-23/h1-17,24,26,31-32H,18-20H2,(H,29,33,34)/t24-,26+/m0/s1. The van der Waals surface area contributed by atoms with Crippen LogP contribution in [0.25, 0.3) is 0 Å². The largest absolute Gasteiger partial charge is 0.394 e. The molecule has 0 fully saturated rings. The minimum absolute atomic E-state index is 0.0657. The molecule has 1 heterocycles. The summed E-state index contributed by atoms with van der Waals surface area (Å²) in [7, 11) is 0. The molecule has 0 bridgehead atoms. The zero-order valence-corrected chi connectivity index (χ0v) is 19.6. The summed E-state index contributed by atoms with van der Waals surface area (Å²) in [6.07, 6.45) is -0.786. The van der Waals surface area contributed by atoms with E-state index in [1.807, 2.05) is 91.0 Å². The fourth-order valence-electron chi connectivity index (χ4n) is 4.19. The van der Waals surface area contributed by atoms with E-state index >= 15 is 0 Å². The molecule has 3 N–H and O–H groups in total. The average molecular weight is 489 g/mol. The predicted molar refractivity (Wildman–Crippen MR) is 135 cm³/mol. The van der Waals surface area contributed by atoms with Gasteiger partial charge in [-0.05, 0) is 16.7 Å². The van der Waals surface area contributed by atoms with E-state index in [9.17, 15) is 19.8 Å². The van der Waals surface area contributed by atoms with Gasteiger partial charge < -0.3 is 19.7 Å². The highest BCUT2D eigenvalue weighted by molar-refractivity contribution is 5.47. The van der Waals surface area contributed by atoms with Crippen molar-refractivity contribution in [2.24, 2.45) is 0 Å². The zero-order chi connectivity index (χ0) is 25.4. The summed E-state index contributed by atoms with van der Waals surface area (Å²) in [6, 6.07) is 30.4.